The second-order valence-corrected chi connectivity index (χ2v) is 36.9. The van der Waals surface area contributed by atoms with E-state index in [1.165, 1.54) is 0 Å². The SMILES string of the molecule is CCCC(I)(I)C(I)(I)C(I)(I)C(I)(I)C(I)(I)C(I)(I)C(=O)O. The molecule has 1 N–H and O–H groups in total. The van der Waals surface area contributed by atoms with Crippen LogP contribution < -0.4 is 0 Å². The Kier molecular flexibility index (Phi) is 15.8. The molecule has 2 nitrogen and oxygen atoms in total. The van der Waals surface area contributed by atoms with Gasteiger partial charge in [0.05, 0.1) is 1.43 Å². The zero-order valence-electron chi connectivity index (χ0n) is 11.3. The first-order valence-electron chi connectivity index (χ1n) is 5.76. The van der Waals surface area contributed by atoms with Gasteiger partial charge in [-0.15, -0.1) is 0 Å². The van der Waals surface area contributed by atoms with Gasteiger partial charge in [0, 0.05) is 0 Å². The summed E-state index contributed by atoms with van der Waals surface area (Å²) >= 11 is 29.3. The Morgan fingerprint density at radius 3 is 1.33 bits per heavy atom. The first-order chi connectivity index (χ1) is 10.3. The highest BCUT2D eigenvalue weighted by atomic mass is 127. The molecule has 0 amide bonds. The highest BCUT2D eigenvalue weighted by molar-refractivity contribution is 14.2. The van der Waals surface area contributed by atoms with Crippen LogP contribution in [0, 0.1) is 0 Å². The summed E-state index contributed by atoms with van der Waals surface area (Å²) in [5.41, 5.74) is 0. The number of hydrogen-bond acceptors (Lipinski definition) is 1. The van der Waals surface area contributed by atoms with E-state index in [1.807, 2.05) is 0 Å². The van der Waals surface area contributed by atoms with Gasteiger partial charge in [0.25, 0.3) is 0 Å². The van der Waals surface area contributed by atoms with Gasteiger partial charge in [-0.05, 0) is 6.42 Å². The fourth-order valence-electron chi connectivity index (χ4n) is 1.43. The maximum absolute atomic E-state index is 11.9. The average Bonchev–Trinajstić information content (AvgIpc) is 2.37. The van der Waals surface area contributed by atoms with Gasteiger partial charge in [0.15, 0.2) is 1.43 Å². The van der Waals surface area contributed by atoms with E-state index >= 15 is 0 Å². The minimum atomic E-state index is -0.930. The molecule has 24 heavy (non-hydrogen) atoms. The summed E-state index contributed by atoms with van der Waals surface area (Å²) in [4.78, 5) is 11.9. The first-order valence-corrected chi connectivity index (χ1v) is 18.7. The molecular formula is C10H8I12O2. The van der Waals surface area contributed by atoms with Crippen LogP contribution in [0.1, 0.15) is 19.8 Å². The second-order valence-electron chi connectivity index (χ2n) is 4.63. The zero-order chi connectivity index (χ0) is 20.0. The molecule has 0 fully saturated rings. The smallest absolute Gasteiger partial charge is 0.332 e. The van der Waals surface area contributed by atoms with Crippen LogP contribution in [0.25, 0.3) is 0 Å². The Hall–Kier alpha value is 8.23. The van der Waals surface area contributed by atoms with Crippen molar-refractivity contribution in [2.24, 2.45) is 0 Å². The molecule has 0 spiro atoms. The molecule has 0 rings (SSSR count). The number of carboxylic acid groups (broad SMARTS) is 1. The normalized spacial score (nSPS) is 15.5. The number of halogens is 12. The standard InChI is InChI=1S/C10H8I12O2/c1-2-3-5(11,12)7(15,16)9(19,20)10(21,22)8(17,18)6(13,14)4(23)24/h2-3H2,1H3,(H,23,24). The molecule has 0 atom stereocenters. The Balaban J connectivity index is 6.32. The number of rotatable bonds is 8. The maximum Gasteiger partial charge on any atom is 0.332 e. The van der Waals surface area contributed by atoms with Crippen molar-refractivity contribution in [3.8, 4) is 0 Å². The molecule has 0 bridgehead atoms. The fraction of sp³-hybridized carbons (Fsp3) is 0.900. The third-order valence-electron chi connectivity index (χ3n) is 2.87. The lowest BCUT2D eigenvalue weighted by Gasteiger charge is -2.54. The van der Waals surface area contributed by atoms with Crippen molar-refractivity contribution in [1.29, 1.82) is 0 Å². The lowest BCUT2D eigenvalue weighted by molar-refractivity contribution is -0.136. The summed E-state index contributed by atoms with van der Waals surface area (Å²) in [5.74, 6) is -0.787. The van der Waals surface area contributed by atoms with Gasteiger partial charge in [-0.2, -0.15) is 0 Å². The van der Waals surface area contributed by atoms with Gasteiger partial charge in [-0.3, -0.25) is 0 Å². The summed E-state index contributed by atoms with van der Waals surface area (Å²) in [6.07, 6.45) is 2.22. The van der Waals surface area contributed by atoms with Crippen LogP contribution in [0.5, 0.6) is 0 Å². The molecular weight excluding hydrogens is 1670 g/mol. The van der Waals surface area contributed by atoms with E-state index < -0.39 is 8.83 Å². The highest BCUT2D eigenvalue weighted by Gasteiger charge is 2.73. The molecule has 0 saturated heterocycles. The van der Waals surface area contributed by atoms with Crippen molar-refractivity contribution in [1.82, 2.24) is 0 Å². The van der Waals surface area contributed by atoms with Gasteiger partial charge in [-0.25, -0.2) is 4.79 Å². The summed E-state index contributed by atoms with van der Waals surface area (Å²) in [7, 11) is 0. The molecule has 0 heterocycles. The summed E-state index contributed by atoms with van der Waals surface area (Å²) in [6.45, 7) is 2.21. The van der Waals surface area contributed by atoms with Gasteiger partial charge in [-0.1, -0.05) is 284 Å². The first kappa shape index (κ1) is 32.2. The van der Waals surface area contributed by atoms with E-state index in [9.17, 15) is 9.90 Å². The molecule has 0 aromatic carbocycles. The van der Waals surface area contributed by atoms with E-state index in [-0.39, 0.29) is 5.71 Å². The molecule has 144 valence electrons. The second kappa shape index (κ2) is 11.8. The number of carboxylic acids is 1. The third-order valence-corrected chi connectivity index (χ3v) is 41.9. The maximum atomic E-state index is 11.9. The molecule has 0 radical (unpaired) electrons. The van der Waals surface area contributed by atoms with Gasteiger partial charge in [0.2, 0.25) is 0 Å². The monoisotopic (exact) mass is 1680 g/mol. The Bertz CT molecular complexity index is 484. The van der Waals surface area contributed by atoms with Gasteiger partial charge >= 0.3 is 5.97 Å². The lowest BCUT2D eigenvalue weighted by atomic mass is 10.1. The van der Waals surface area contributed by atoms with E-state index in [1.54, 1.807) is 0 Å². The van der Waals surface area contributed by atoms with Crippen LogP contribution >= 0.6 is 271 Å². The summed E-state index contributed by atoms with van der Waals surface area (Å²) < 4.78 is -2.05. The molecule has 0 aromatic heterocycles. The van der Waals surface area contributed by atoms with Crippen LogP contribution in [0.15, 0.2) is 0 Å². The summed E-state index contributed by atoms with van der Waals surface area (Å²) in [5, 5.41) is 9.81. The number of aliphatic carboxylic acids is 1. The minimum absolute atomic E-state index is 0.0498. The van der Waals surface area contributed by atoms with E-state index in [0.717, 1.165) is 12.8 Å². The quantitative estimate of drug-likeness (QED) is 0.194. The predicted molar refractivity (Wildman–Crippen MR) is 207 cm³/mol. The van der Waals surface area contributed by atoms with Crippen molar-refractivity contribution >= 4 is 277 Å². The van der Waals surface area contributed by atoms with Crippen LogP contribution in [0.2, 0.25) is 0 Å². The zero-order valence-corrected chi connectivity index (χ0v) is 37.2. The van der Waals surface area contributed by atoms with E-state index in [0.29, 0.717) is 0 Å². The van der Waals surface area contributed by atoms with E-state index in [4.69, 9.17) is 0 Å². The summed E-state index contributed by atoms with van der Waals surface area (Å²) in [6, 6.07) is 0. The Morgan fingerprint density at radius 1 is 0.708 bits per heavy atom. The molecule has 0 aliphatic heterocycles. The molecule has 14 heteroatoms. The fourth-order valence-corrected chi connectivity index (χ4v) is 18.3. The Morgan fingerprint density at radius 2 is 1.04 bits per heavy atom. The predicted octanol–water partition coefficient (Wildman–Crippen LogP) is 10.3. The minimum Gasteiger partial charge on any atom is -0.480 e. The number of carbonyl (C=O) groups is 1. The van der Waals surface area contributed by atoms with Crippen molar-refractivity contribution < 1.29 is 9.90 Å². The molecule has 0 aliphatic carbocycles. The van der Waals surface area contributed by atoms with Crippen molar-refractivity contribution in [3.05, 3.63) is 0 Å². The van der Waals surface area contributed by atoms with Crippen LogP contribution in [0.4, 0.5) is 0 Å². The van der Waals surface area contributed by atoms with Crippen molar-refractivity contribution in [2.45, 2.75) is 28.3 Å². The van der Waals surface area contributed by atoms with E-state index in [2.05, 4.69) is 278 Å². The number of hydrogen-bond donors (Lipinski definition) is 1. The lowest BCUT2D eigenvalue weighted by Crippen LogP contribution is -2.64. The Labute approximate surface area is 306 Å². The van der Waals surface area contributed by atoms with Crippen LogP contribution in [-0.2, 0) is 4.79 Å². The van der Waals surface area contributed by atoms with Crippen LogP contribution in [0.3, 0.4) is 0 Å². The third kappa shape index (κ3) is 6.46. The molecule has 0 saturated carbocycles. The van der Waals surface area contributed by atoms with Gasteiger partial charge < -0.3 is 5.11 Å². The molecule has 0 aliphatic rings. The molecule has 0 aromatic rings. The topological polar surface area (TPSA) is 37.3 Å². The number of alkyl halides is 12. The average molecular weight is 1680 g/mol. The molecule has 0 unspecified atom stereocenters. The van der Waals surface area contributed by atoms with Crippen molar-refractivity contribution in [2.75, 3.05) is 0 Å². The van der Waals surface area contributed by atoms with Gasteiger partial charge in [0.1, 0.15) is 5.71 Å². The highest BCUT2D eigenvalue weighted by Crippen LogP contribution is 2.75. The van der Waals surface area contributed by atoms with Crippen LogP contribution in [-0.4, -0.2) is 19.6 Å². The largest absolute Gasteiger partial charge is 0.480 e. The van der Waals surface area contributed by atoms with Crippen molar-refractivity contribution in [3.63, 3.8) is 0 Å².